The largest absolute Gasteiger partial charge is 0.462 e. The van der Waals surface area contributed by atoms with Crippen molar-refractivity contribution in [3.63, 3.8) is 0 Å². The highest BCUT2D eigenvalue weighted by Gasteiger charge is 2.31. The number of nitrogens with two attached hydrogens (primary N) is 2. The zero-order valence-electron chi connectivity index (χ0n) is 19.0. The number of hydrogen-bond donors (Lipinski definition) is 3. The molecule has 0 fully saturated rings. The topological polar surface area (TPSA) is 133 Å². The lowest BCUT2D eigenvalue weighted by atomic mass is 9.83. The number of amides is 1. The van der Waals surface area contributed by atoms with Gasteiger partial charge in [0.2, 0.25) is 5.91 Å². The van der Waals surface area contributed by atoms with Gasteiger partial charge in [-0.15, -0.1) is 11.3 Å². The van der Waals surface area contributed by atoms with Crippen LogP contribution in [-0.4, -0.2) is 33.7 Å². The molecule has 0 bridgehead atoms. The van der Waals surface area contributed by atoms with Crippen LogP contribution in [0, 0.1) is 0 Å². The summed E-state index contributed by atoms with van der Waals surface area (Å²) in [6.45, 7) is 3.78. The molecule has 34 heavy (non-hydrogen) atoms. The van der Waals surface area contributed by atoms with E-state index in [0.29, 0.717) is 21.6 Å². The average molecular weight is 498 g/mol. The third kappa shape index (κ3) is 5.34. The maximum absolute atomic E-state index is 13.0. The second-order valence-electron chi connectivity index (χ2n) is 8.03. The summed E-state index contributed by atoms with van der Waals surface area (Å²) in [5.41, 5.74) is 14.2. The number of carbonyl (C=O) groups excluding carboxylic acids is 2. The van der Waals surface area contributed by atoms with Crippen LogP contribution >= 0.6 is 23.1 Å². The molecular formula is C24H27N5O3S2. The Morgan fingerprint density at radius 2 is 1.94 bits per heavy atom. The number of nitrogens with zero attached hydrogens (tertiary/aromatic N) is 2. The highest BCUT2D eigenvalue weighted by atomic mass is 32.2. The van der Waals surface area contributed by atoms with Gasteiger partial charge in [0, 0.05) is 10.9 Å². The molecular weight excluding hydrogens is 470 g/mol. The molecule has 1 aliphatic carbocycles. The van der Waals surface area contributed by atoms with Crippen LogP contribution in [0.3, 0.4) is 0 Å². The molecule has 3 aromatic rings. The van der Waals surface area contributed by atoms with Crippen LogP contribution in [-0.2, 0) is 22.4 Å². The second kappa shape index (κ2) is 10.4. The van der Waals surface area contributed by atoms with Crippen molar-refractivity contribution in [1.82, 2.24) is 9.97 Å². The van der Waals surface area contributed by atoms with Crippen LogP contribution in [0.5, 0.6) is 0 Å². The van der Waals surface area contributed by atoms with Crippen molar-refractivity contribution in [1.29, 1.82) is 0 Å². The van der Waals surface area contributed by atoms with Crippen LogP contribution in [0.15, 0.2) is 41.6 Å². The van der Waals surface area contributed by atoms with Gasteiger partial charge in [-0.25, -0.2) is 14.8 Å². The Bertz CT molecular complexity index is 1180. The molecule has 178 valence electrons. The Kier molecular flexibility index (Phi) is 7.38. The fraction of sp³-hybridized carbons (Fsp3) is 0.333. The molecule has 1 amide bonds. The number of esters is 1. The molecule has 2 aromatic heterocycles. The Morgan fingerprint density at radius 3 is 2.62 bits per heavy atom. The van der Waals surface area contributed by atoms with Crippen molar-refractivity contribution in [2.75, 3.05) is 23.4 Å². The number of anilines is 3. The first-order valence-electron chi connectivity index (χ1n) is 11.1. The Morgan fingerprint density at radius 1 is 1.24 bits per heavy atom. The van der Waals surface area contributed by atoms with Crippen LogP contribution in [0.4, 0.5) is 16.6 Å². The fourth-order valence-corrected chi connectivity index (χ4v) is 6.16. The number of nitrogens with one attached hydrogen (secondary N) is 1. The summed E-state index contributed by atoms with van der Waals surface area (Å²) in [5.74, 6) is 0.197. The average Bonchev–Trinajstić information content (AvgIpc) is 3.16. The van der Waals surface area contributed by atoms with Crippen LogP contribution in [0.1, 0.15) is 52.5 Å². The summed E-state index contributed by atoms with van der Waals surface area (Å²) < 4.78 is 5.33. The molecule has 8 nitrogen and oxygen atoms in total. The van der Waals surface area contributed by atoms with Gasteiger partial charge in [0.05, 0.1) is 17.4 Å². The molecule has 0 spiro atoms. The van der Waals surface area contributed by atoms with Crippen molar-refractivity contribution in [2.24, 2.45) is 0 Å². The van der Waals surface area contributed by atoms with Gasteiger partial charge in [-0.3, -0.25) is 4.79 Å². The molecule has 0 saturated heterocycles. The number of carbonyl (C=O) groups is 2. The third-order valence-corrected chi connectivity index (χ3v) is 7.78. The zero-order chi connectivity index (χ0) is 24.2. The number of thiophene rings is 1. The summed E-state index contributed by atoms with van der Waals surface area (Å²) in [5, 5.41) is 3.27. The smallest absolute Gasteiger partial charge is 0.341 e. The van der Waals surface area contributed by atoms with Gasteiger partial charge < -0.3 is 21.5 Å². The van der Waals surface area contributed by atoms with E-state index in [1.807, 2.05) is 18.2 Å². The van der Waals surface area contributed by atoms with E-state index >= 15 is 0 Å². The maximum atomic E-state index is 13.0. The lowest BCUT2D eigenvalue weighted by Crippen LogP contribution is -2.23. The minimum Gasteiger partial charge on any atom is -0.462 e. The second-order valence-corrected chi connectivity index (χ2v) is 10.4. The van der Waals surface area contributed by atoms with Crippen LogP contribution in [0.2, 0.25) is 0 Å². The lowest BCUT2D eigenvalue weighted by Gasteiger charge is -2.23. The van der Waals surface area contributed by atoms with E-state index in [-0.39, 0.29) is 24.1 Å². The molecule has 5 N–H and O–H groups in total. The SMILES string of the molecule is CCOC(=O)c1c(NC(=O)C(C)Sc2nc(N)cc(N)n2)sc2c1CCC(c1ccccc1)C2. The normalized spacial score (nSPS) is 15.9. The van der Waals surface area contributed by atoms with Crippen molar-refractivity contribution in [3.05, 3.63) is 58.0 Å². The number of rotatable bonds is 7. The number of benzene rings is 1. The van der Waals surface area contributed by atoms with E-state index in [0.717, 1.165) is 41.5 Å². The highest BCUT2D eigenvalue weighted by molar-refractivity contribution is 8.00. The maximum Gasteiger partial charge on any atom is 0.341 e. The molecule has 0 aliphatic heterocycles. The molecule has 2 unspecified atom stereocenters. The highest BCUT2D eigenvalue weighted by Crippen LogP contribution is 2.43. The number of aromatic nitrogens is 2. The number of nitrogen functional groups attached to an aromatic ring is 2. The summed E-state index contributed by atoms with van der Waals surface area (Å²) in [6, 6.07) is 11.8. The number of ether oxygens (including phenoxy) is 1. The van der Waals surface area contributed by atoms with E-state index < -0.39 is 11.2 Å². The van der Waals surface area contributed by atoms with E-state index in [2.05, 4.69) is 27.4 Å². The molecule has 2 heterocycles. The molecule has 4 rings (SSSR count). The monoisotopic (exact) mass is 497 g/mol. The zero-order valence-corrected chi connectivity index (χ0v) is 20.7. The van der Waals surface area contributed by atoms with Gasteiger partial charge in [-0.1, -0.05) is 42.1 Å². The Balaban J connectivity index is 1.56. The van der Waals surface area contributed by atoms with Crippen molar-refractivity contribution in [3.8, 4) is 0 Å². The molecule has 0 saturated carbocycles. The molecule has 1 aliphatic rings. The predicted octanol–water partition coefficient (Wildman–Crippen LogP) is 4.27. The summed E-state index contributed by atoms with van der Waals surface area (Å²) in [6.07, 6.45) is 2.52. The standard InChI is InChI=1S/C24H27N5O3S2/c1-3-32-23(31)20-16-10-9-15(14-7-5-4-6-8-14)11-17(16)34-22(20)29-21(30)13(2)33-24-27-18(25)12-19(26)28-24/h4-8,12-13,15H,3,9-11H2,1-2H3,(H,29,30)(H4,25,26,27,28). The summed E-state index contributed by atoms with van der Waals surface area (Å²) in [7, 11) is 0. The predicted molar refractivity (Wildman–Crippen MR) is 136 cm³/mol. The molecule has 1 aromatic carbocycles. The van der Waals surface area contributed by atoms with Gasteiger partial charge in [0.1, 0.15) is 16.6 Å². The Hall–Kier alpha value is -3.11. The Labute approximate surface area is 206 Å². The van der Waals surface area contributed by atoms with Crippen molar-refractivity contribution >= 4 is 51.6 Å². The molecule has 2 atom stereocenters. The number of thioether (sulfide) groups is 1. The van der Waals surface area contributed by atoms with Crippen molar-refractivity contribution < 1.29 is 14.3 Å². The fourth-order valence-electron chi connectivity index (χ4n) is 4.04. The van der Waals surface area contributed by atoms with E-state index in [9.17, 15) is 9.59 Å². The number of fused-ring (bicyclic) bond motifs is 1. The summed E-state index contributed by atoms with van der Waals surface area (Å²) >= 11 is 2.61. The minimum atomic E-state index is -0.535. The van der Waals surface area contributed by atoms with Gasteiger partial charge in [-0.2, -0.15) is 0 Å². The number of hydrogen-bond acceptors (Lipinski definition) is 9. The van der Waals surface area contributed by atoms with E-state index in [1.54, 1.807) is 13.8 Å². The van der Waals surface area contributed by atoms with E-state index in [4.69, 9.17) is 16.2 Å². The first-order valence-corrected chi connectivity index (χ1v) is 12.8. The third-order valence-electron chi connectivity index (χ3n) is 5.65. The quantitative estimate of drug-likeness (QED) is 0.250. The molecule has 10 heteroatoms. The van der Waals surface area contributed by atoms with Crippen LogP contribution in [0.25, 0.3) is 0 Å². The van der Waals surface area contributed by atoms with Crippen molar-refractivity contribution in [2.45, 2.75) is 49.4 Å². The van der Waals surface area contributed by atoms with Gasteiger partial charge in [0.25, 0.3) is 0 Å². The van der Waals surface area contributed by atoms with E-state index in [1.165, 1.54) is 23.0 Å². The minimum absolute atomic E-state index is 0.242. The van der Waals surface area contributed by atoms with Gasteiger partial charge in [0.15, 0.2) is 5.16 Å². The van der Waals surface area contributed by atoms with Gasteiger partial charge >= 0.3 is 5.97 Å². The van der Waals surface area contributed by atoms with Crippen LogP contribution < -0.4 is 16.8 Å². The first kappa shape index (κ1) is 24.0. The summed E-state index contributed by atoms with van der Waals surface area (Å²) in [4.78, 5) is 35.2. The molecule has 0 radical (unpaired) electrons. The first-order chi connectivity index (χ1) is 16.4. The lowest BCUT2D eigenvalue weighted by molar-refractivity contribution is -0.115. The van der Waals surface area contributed by atoms with Gasteiger partial charge in [-0.05, 0) is 50.2 Å².